The number of alkyl halides is 3. The Hall–Kier alpha value is -2.70. The lowest BCUT2D eigenvalue weighted by molar-refractivity contribution is -0.138. The molecule has 0 bridgehead atoms. The second-order valence-electron chi connectivity index (χ2n) is 6.05. The van der Waals surface area contributed by atoms with Crippen LogP contribution in [-0.4, -0.2) is 19.6 Å². The molecule has 0 aliphatic heterocycles. The molecule has 1 amide bonds. The van der Waals surface area contributed by atoms with Gasteiger partial charge in [-0.1, -0.05) is 19.4 Å². The van der Waals surface area contributed by atoms with E-state index in [2.05, 4.69) is 5.32 Å². The molecular formula is C20H22F3NO3. The molecule has 0 saturated carbocycles. The van der Waals surface area contributed by atoms with E-state index in [0.29, 0.717) is 18.1 Å². The molecule has 0 fully saturated rings. The first-order valence-corrected chi connectivity index (χ1v) is 8.56. The summed E-state index contributed by atoms with van der Waals surface area (Å²) in [5.74, 6) is 0.362. The molecule has 1 N–H and O–H groups in total. The van der Waals surface area contributed by atoms with Gasteiger partial charge in [-0.15, -0.1) is 0 Å². The Balaban J connectivity index is 2.18. The van der Waals surface area contributed by atoms with Gasteiger partial charge in [0, 0.05) is 11.3 Å². The van der Waals surface area contributed by atoms with Crippen molar-refractivity contribution < 1.29 is 27.4 Å². The van der Waals surface area contributed by atoms with Crippen LogP contribution in [0.15, 0.2) is 36.4 Å². The molecule has 0 radical (unpaired) electrons. The van der Waals surface area contributed by atoms with Crippen LogP contribution < -0.4 is 14.8 Å². The van der Waals surface area contributed by atoms with Gasteiger partial charge in [-0.3, -0.25) is 4.79 Å². The van der Waals surface area contributed by atoms with Crippen molar-refractivity contribution in [3.05, 3.63) is 53.1 Å². The highest BCUT2D eigenvalue weighted by molar-refractivity contribution is 6.04. The van der Waals surface area contributed by atoms with Crippen molar-refractivity contribution in [2.75, 3.05) is 19.0 Å². The van der Waals surface area contributed by atoms with Crippen LogP contribution in [0.5, 0.6) is 11.5 Å². The number of halogens is 3. The maximum Gasteiger partial charge on any atom is 0.416 e. The van der Waals surface area contributed by atoms with E-state index >= 15 is 0 Å². The molecule has 0 spiro atoms. The van der Waals surface area contributed by atoms with Gasteiger partial charge in [0.2, 0.25) is 0 Å². The number of unbranched alkanes of at least 4 members (excludes halogenated alkanes) is 1. The highest BCUT2D eigenvalue weighted by Crippen LogP contribution is 2.34. The summed E-state index contributed by atoms with van der Waals surface area (Å²) in [5, 5.41) is 2.49. The van der Waals surface area contributed by atoms with Crippen molar-refractivity contribution in [3.8, 4) is 11.5 Å². The topological polar surface area (TPSA) is 47.6 Å². The van der Waals surface area contributed by atoms with Gasteiger partial charge in [0.15, 0.2) is 11.5 Å². The van der Waals surface area contributed by atoms with Crippen LogP contribution in [0.4, 0.5) is 18.9 Å². The Morgan fingerprint density at radius 1 is 1.11 bits per heavy atom. The molecule has 27 heavy (non-hydrogen) atoms. The first-order valence-electron chi connectivity index (χ1n) is 8.56. The summed E-state index contributed by atoms with van der Waals surface area (Å²) < 4.78 is 49.9. The maximum absolute atomic E-state index is 13.0. The Labute approximate surface area is 156 Å². The monoisotopic (exact) mass is 381 g/mol. The number of benzene rings is 2. The molecule has 146 valence electrons. The largest absolute Gasteiger partial charge is 0.493 e. The first kappa shape index (κ1) is 20.6. The third-order valence-corrected chi connectivity index (χ3v) is 3.98. The number of ether oxygens (including phenoxy) is 2. The minimum Gasteiger partial charge on any atom is -0.493 e. The van der Waals surface area contributed by atoms with Gasteiger partial charge >= 0.3 is 6.18 Å². The molecule has 2 aromatic rings. The van der Waals surface area contributed by atoms with Gasteiger partial charge in [0.1, 0.15) is 0 Å². The smallest absolute Gasteiger partial charge is 0.416 e. The minimum atomic E-state index is -4.48. The lowest BCUT2D eigenvalue weighted by Gasteiger charge is -2.14. The van der Waals surface area contributed by atoms with Crippen molar-refractivity contribution in [3.63, 3.8) is 0 Å². The number of aryl methyl sites for hydroxylation is 1. The maximum atomic E-state index is 13.0. The summed E-state index contributed by atoms with van der Waals surface area (Å²) in [6.07, 6.45) is -2.61. The number of rotatable bonds is 7. The van der Waals surface area contributed by atoms with E-state index in [4.69, 9.17) is 9.47 Å². The fourth-order valence-corrected chi connectivity index (χ4v) is 2.46. The van der Waals surface area contributed by atoms with Crippen molar-refractivity contribution in [1.82, 2.24) is 0 Å². The van der Waals surface area contributed by atoms with Crippen LogP contribution in [-0.2, 0) is 6.18 Å². The highest BCUT2D eigenvalue weighted by Gasteiger charge is 2.32. The number of nitrogens with one attached hydrogen (secondary N) is 1. The van der Waals surface area contributed by atoms with Gasteiger partial charge in [-0.2, -0.15) is 13.2 Å². The first-order chi connectivity index (χ1) is 12.8. The van der Waals surface area contributed by atoms with E-state index in [1.165, 1.54) is 38.3 Å². The van der Waals surface area contributed by atoms with Crippen LogP contribution in [0.3, 0.4) is 0 Å². The Bertz CT molecular complexity index is 804. The van der Waals surface area contributed by atoms with Crippen LogP contribution in [0, 0.1) is 6.92 Å². The van der Waals surface area contributed by atoms with Gasteiger partial charge in [-0.25, -0.2) is 0 Å². The van der Waals surface area contributed by atoms with E-state index in [1.54, 1.807) is 6.07 Å². The molecule has 2 rings (SSSR count). The Kier molecular flexibility index (Phi) is 6.71. The van der Waals surface area contributed by atoms with E-state index in [9.17, 15) is 18.0 Å². The lowest BCUT2D eigenvalue weighted by atomic mass is 10.1. The molecule has 0 aromatic heterocycles. The summed E-state index contributed by atoms with van der Waals surface area (Å²) in [6.45, 7) is 3.95. The quantitative estimate of drug-likeness (QED) is 0.649. The summed E-state index contributed by atoms with van der Waals surface area (Å²) in [5.41, 5.74) is -0.364. The van der Waals surface area contributed by atoms with E-state index < -0.39 is 17.6 Å². The second kappa shape index (κ2) is 8.79. The van der Waals surface area contributed by atoms with Crippen molar-refractivity contribution >= 4 is 11.6 Å². The minimum absolute atomic E-state index is 0.0696. The number of hydrogen-bond acceptors (Lipinski definition) is 3. The molecule has 0 unspecified atom stereocenters. The van der Waals surface area contributed by atoms with Gasteiger partial charge in [-0.05, 0) is 49.2 Å². The summed E-state index contributed by atoms with van der Waals surface area (Å²) in [6, 6.07) is 8.32. The van der Waals surface area contributed by atoms with Crippen LogP contribution >= 0.6 is 0 Å². The fraction of sp³-hybridized carbons (Fsp3) is 0.350. The molecule has 4 nitrogen and oxygen atoms in total. The van der Waals surface area contributed by atoms with Crippen LogP contribution in [0.25, 0.3) is 0 Å². The van der Waals surface area contributed by atoms with E-state index in [0.717, 1.165) is 18.9 Å². The van der Waals surface area contributed by atoms with E-state index in [1.807, 2.05) is 6.92 Å². The summed E-state index contributed by atoms with van der Waals surface area (Å²) >= 11 is 0. The predicted molar refractivity (Wildman–Crippen MR) is 97.5 cm³/mol. The molecule has 0 atom stereocenters. The highest BCUT2D eigenvalue weighted by atomic mass is 19.4. The van der Waals surface area contributed by atoms with Crippen molar-refractivity contribution in [2.45, 2.75) is 32.9 Å². The molecule has 0 aliphatic carbocycles. The average Bonchev–Trinajstić information content (AvgIpc) is 2.62. The normalized spacial score (nSPS) is 11.2. The number of carbonyl (C=O) groups is 1. The van der Waals surface area contributed by atoms with Crippen LogP contribution in [0.1, 0.15) is 41.3 Å². The second-order valence-corrected chi connectivity index (χ2v) is 6.05. The van der Waals surface area contributed by atoms with Crippen molar-refractivity contribution in [2.24, 2.45) is 0 Å². The zero-order valence-corrected chi connectivity index (χ0v) is 15.4. The number of amides is 1. The average molecular weight is 381 g/mol. The number of carbonyl (C=O) groups excluding carboxylic acids is 1. The molecule has 7 heteroatoms. The summed E-state index contributed by atoms with van der Waals surface area (Å²) in [4.78, 5) is 12.4. The third kappa shape index (κ3) is 5.39. The zero-order chi connectivity index (χ0) is 20.0. The van der Waals surface area contributed by atoms with Gasteiger partial charge < -0.3 is 14.8 Å². The van der Waals surface area contributed by atoms with Gasteiger partial charge in [0.05, 0.1) is 19.3 Å². The Morgan fingerprint density at radius 2 is 1.85 bits per heavy atom. The molecule has 0 heterocycles. The zero-order valence-electron chi connectivity index (χ0n) is 15.4. The molecular weight excluding hydrogens is 359 g/mol. The number of hydrogen-bond donors (Lipinski definition) is 1. The van der Waals surface area contributed by atoms with Gasteiger partial charge in [0.25, 0.3) is 5.91 Å². The molecule has 0 saturated heterocycles. The molecule has 0 aliphatic rings. The fourth-order valence-electron chi connectivity index (χ4n) is 2.46. The Morgan fingerprint density at radius 3 is 2.48 bits per heavy atom. The number of anilines is 1. The standard InChI is InChI=1S/C20H22F3NO3/c1-4-5-10-27-17-9-7-14(11-18(17)26-3)19(25)24-15-8-6-13(2)16(12-15)20(21,22)23/h6-9,11-12H,4-5,10H2,1-3H3,(H,24,25). The predicted octanol–water partition coefficient (Wildman–Crippen LogP) is 5.45. The lowest BCUT2D eigenvalue weighted by Crippen LogP contribution is -2.14. The molecule has 2 aromatic carbocycles. The summed E-state index contributed by atoms with van der Waals surface area (Å²) in [7, 11) is 1.46. The SMILES string of the molecule is CCCCOc1ccc(C(=O)Nc2ccc(C)c(C(F)(F)F)c2)cc1OC. The number of methoxy groups -OCH3 is 1. The third-order valence-electron chi connectivity index (χ3n) is 3.98. The van der Waals surface area contributed by atoms with E-state index in [-0.39, 0.29) is 16.8 Å². The van der Waals surface area contributed by atoms with Crippen molar-refractivity contribution in [1.29, 1.82) is 0 Å². The van der Waals surface area contributed by atoms with Crippen LogP contribution in [0.2, 0.25) is 0 Å².